The zero-order valence-electron chi connectivity index (χ0n) is 9.49. The molecule has 1 fully saturated rings. The lowest BCUT2D eigenvalue weighted by Crippen LogP contribution is -2.37. The van der Waals surface area contributed by atoms with Crippen LogP contribution in [0.2, 0.25) is 0 Å². The van der Waals surface area contributed by atoms with E-state index in [0.29, 0.717) is 0 Å². The minimum absolute atomic E-state index is 0.0617. The molecule has 1 heterocycles. The van der Waals surface area contributed by atoms with Crippen LogP contribution in [0.5, 0.6) is 0 Å². The Bertz CT molecular complexity index is 243. The first-order valence-electron chi connectivity index (χ1n) is 5.60. The highest BCUT2D eigenvalue weighted by atomic mass is 32.2. The number of hydrogen-bond acceptors (Lipinski definition) is 3. The lowest BCUT2D eigenvalue weighted by atomic mass is 10.1. The number of carbonyl (C=O) groups is 1. The fourth-order valence-corrected chi connectivity index (χ4v) is 3.26. The molecule has 0 spiro atoms. The van der Waals surface area contributed by atoms with Gasteiger partial charge >= 0.3 is 0 Å². The molecule has 2 nitrogen and oxygen atoms in total. The summed E-state index contributed by atoms with van der Waals surface area (Å²) in [4.78, 5) is 13.5. The van der Waals surface area contributed by atoms with E-state index in [1.807, 2.05) is 0 Å². The predicted octanol–water partition coefficient (Wildman–Crippen LogP) is 2.86. The zero-order chi connectivity index (χ0) is 11.3. The Balaban J connectivity index is 2.40. The first-order chi connectivity index (χ1) is 7.16. The molecule has 0 aromatic carbocycles. The van der Waals surface area contributed by atoms with Gasteiger partial charge in [0.15, 0.2) is 5.78 Å². The lowest BCUT2D eigenvalue weighted by molar-refractivity contribution is -0.120. The van der Waals surface area contributed by atoms with Gasteiger partial charge in [0.25, 0.3) is 0 Å². The molecule has 0 aromatic rings. The van der Waals surface area contributed by atoms with Crippen molar-refractivity contribution in [3.8, 4) is 0 Å². The van der Waals surface area contributed by atoms with Crippen molar-refractivity contribution in [1.82, 2.24) is 4.90 Å². The molecule has 1 atom stereocenters. The third-order valence-corrected chi connectivity index (χ3v) is 4.24. The van der Waals surface area contributed by atoms with Gasteiger partial charge < -0.3 is 4.90 Å². The van der Waals surface area contributed by atoms with Gasteiger partial charge in [-0.25, -0.2) is 0 Å². The summed E-state index contributed by atoms with van der Waals surface area (Å²) in [6.45, 7) is 4.81. The summed E-state index contributed by atoms with van der Waals surface area (Å²) in [5.41, 5.74) is 0. The van der Waals surface area contributed by atoms with Crippen molar-refractivity contribution >= 4 is 34.1 Å². The molecule has 15 heavy (non-hydrogen) atoms. The highest BCUT2D eigenvalue weighted by Gasteiger charge is 2.29. The number of Topliss-reactive ketones (excluding diaryl/α,β-unsaturated/α-hetero) is 1. The van der Waals surface area contributed by atoms with Gasteiger partial charge in [-0.15, -0.1) is 0 Å². The Kier molecular flexibility index (Phi) is 5.61. The van der Waals surface area contributed by atoms with Crippen LogP contribution in [0.4, 0.5) is 0 Å². The number of nitrogens with zero attached hydrogens (tertiary/aromatic N) is 1. The summed E-state index contributed by atoms with van der Waals surface area (Å²) in [7, 11) is 0. The van der Waals surface area contributed by atoms with E-state index in [1.165, 1.54) is 12.8 Å². The molecule has 0 bridgehead atoms. The molecule has 1 aliphatic rings. The molecule has 86 valence electrons. The summed E-state index contributed by atoms with van der Waals surface area (Å²) >= 11 is 7.08. The maximum Gasteiger partial charge on any atom is 0.152 e. The molecule has 0 N–H and O–H groups in total. The van der Waals surface area contributed by atoms with E-state index in [2.05, 4.69) is 11.8 Å². The summed E-state index contributed by atoms with van der Waals surface area (Å²) in [6, 6.07) is 0.0617. The Morgan fingerprint density at radius 1 is 1.60 bits per heavy atom. The number of ketones is 1. The summed E-state index contributed by atoms with van der Waals surface area (Å²) in [6.07, 6.45) is 4.47. The van der Waals surface area contributed by atoms with Crippen LogP contribution in [0.15, 0.2) is 0 Å². The quantitative estimate of drug-likeness (QED) is 0.560. The van der Waals surface area contributed by atoms with Crippen LogP contribution in [0.3, 0.4) is 0 Å². The summed E-state index contributed by atoms with van der Waals surface area (Å²) in [5.74, 6) is 1.34. The van der Waals surface area contributed by atoms with Gasteiger partial charge in [0, 0.05) is 12.3 Å². The second-order valence-corrected chi connectivity index (χ2v) is 5.66. The number of thioether (sulfide) groups is 1. The number of carbonyl (C=O) groups excluding carboxylic acids is 1. The Morgan fingerprint density at radius 3 is 2.93 bits per heavy atom. The summed E-state index contributed by atoms with van der Waals surface area (Å²) in [5, 5.41) is 0. The minimum Gasteiger partial charge on any atom is -0.347 e. The molecule has 1 rings (SSSR count). The van der Waals surface area contributed by atoms with Crippen LogP contribution in [0, 0.1) is 0 Å². The van der Waals surface area contributed by atoms with Crippen molar-refractivity contribution in [3.05, 3.63) is 0 Å². The van der Waals surface area contributed by atoms with E-state index in [4.69, 9.17) is 12.2 Å². The van der Waals surface area contributed by atoms with Gasteiger partial charge in [0.1, 0.15) is 4.32 Å². The standard InChI is InChI=1S/C11H19NOS2/c1-3-4-8-15-11(14)12-7-5-6-10(12)9(2)13/h10H,3-8H2,1-2H3. The third-order valence-electron chi connectivity index (χ3n) is 2.68. The average Bonchev–Trinajstić information content (AvgIpc) is 2.66. The van der Waals surface area contributed by atoms with Gasteiger partial charge in [0.05, 0.1) is 6.04 Å². The van der Waals surface area contributed by atoms with E-state index in [0.717, 1.165) is 29.5 Å². The Hall–Kier alpha value is -0.0900. The van der Waals surface area contributed by atoms with Crippen molar-refractivity contribution < 1.29 is 4.79 Å². The van der Waals surface area contributed by atoms with Gasteiger partial charge in [0.2, 0.25) is 0 Å². The van der Waals surface area contributed by atoms with Gasteiger partial charge in [-0.2, -0.15) is 0 Å². The normalized spacial score (nSPS) is 20.7. The van der Waals surface area contributed by atoms with Gasteiger partial charge in [-0.3, -0.25) is 4.79 Å². The van der Waals surface area contributed by atoms with Crippen LogP contribution >= 0.6 is 24.0 Å². The summed E-state index contributed by atoms with van der Waals surface area (Å²) < 4.78 is 0.918. The number of unbranched alkanes of at least 4 members (excludes halogenated alkanes) is 1. The Morgan fingerprint density at radius 2 is 2.33 bits per heavy atom. The minimum atomic E-state index is 0.0617. The van der Waals surface area contributed by atoms with Crippen LogP contribution < -0.4 is 0 Å². The average molecular weight is 245 g/mol. The van der Waals surface area contributed by atoms with Crippen molar-refractivity contribution in [2.24, 2.45) is 0 Å². The van der Waals surface area contributed by atoms with Crippen molar-refractivity contribution in [1.29, 1.82) is 0 Å². The Labute approximate surface area is 102 Å². The largest absolute Gasteiger partial charge is 0.347 e. The van der Waals surface area contributed by atoms with Crippen molar-refractivity contribution in [3.63, 3.8) is 0 Å². The van der Waals surface area contributed by atoms with E-state index < -0.39 is 0 Å². The molecule has 0 radical (unpaired) electrons. The third kappa shape index (κ3) is 3.76. The van der Waals surface area contributed by atoms with E-state index in [-0.39, 0.29) is 11.8 Å². The van der Waals surface area contributed by atoms with E-state index in [1.54, 1.807) is 18.7 Å². The first-order valence-corrected chi connectivity index (χ1v) is 7.00. The fraction of sp³-hybridized carbons (Fsp3) is 0.818. The molecular weight excluding hydrogens is 226 g/mol. The fourth-order valence-electron chi connectivity index (χ4n) is 1.79. The molecule has 0 amide bonds. The highest BCUT2D eigenvalue weighted by molar-refractivity contribution is 8.22. The number of likely N-dealkylation sites (tertiary alicyclic amines) is 1. The predicted molar refractivity (Wildman–Crippen MR) is 70.4 cm³/mol. The number of rotatable bonds is 4. The van der Waals surface area contributed by atoms with Crippen LogP contribution in [-0.2, 0) is 4.79 Å². The SMILES string of the molecule is CCCCSC(=S)N1CCCC1C(C)=O. The second kappa shape index (κ2) is 6.48. The van der Waals surface area contributed by atoms with E-state index in [9.17, 15) is 4.79 Å². The molecular formula is C11H19NOS2. The van der Waals surface area contributed by atoms with Crippen LogP contribution in [0.1, 0.15) is 39.5 Å². The molecule has 1 unspecified atom stereocenters. The van der Waals surface area contributed by atoms with Crippen molar-refractivity contribution in [2.75, 3.05) is 12.3 Å². The molecule has 0 saturated carbocycles. The molecule has 1 aliphatic heterocycles. The topological polar surface area (TPSA) is 20.3 Å². The monoisotopic (exact) mass is 245 g/mol. The molecule has 0 aliphatic carbocycles. The van der Waals surface area contributed by atoms with Gasteiger partial charge in [-0.1, -0.05) is 37.3 Å². The highest BCUT2D eigenvalue weighted by Crippen LogP contribution is 2.23. The van der Waals surface area contributed by atoms with Crippen molar-refractivity contribution in [2.45, 2.75) is 45.6 Å². The van der Waals surface area contributed by atoms with Gasteiger partial charge in [-0.05, 0) is 26.2 Å². The zero-order valence-corrected chi connectivity index (χ0v) is 11.1. The maximum atomic E-state index is 11.4. The molecule has 0 aromatic heterocycles. The number of hydrogen-bond donors (Lipinski definition) is 0. The smallest absolute Gasteiger partial charge is 0.152 e. The van der Waals surface area contributed by atoms with Crippen LogP contribution in [-0.4, -0.2) is 33.3 Å². The second-order valence-electron chi connectivity index (χ2n) is 3.93. The van der Waals surface area contributed by atoms with E-state index >= 15 is 0 Å². The molecule has 4 heteroatoms. The lowest BCUT2D eigenvalue weighted by Gasteiger charge is -2.24. The van der Waals surface area contributed by atoms with Crippen LogP contribution in [0.25, 0.3) is 0 Å². The maximum absolute atomic E-state index is 11.4. The molecule has 1 saturated heterocycles. The first kappa shape index (κ1) is 13.0. The number of thiocarbonyl (C=S) groups is 1.